The SMILES string of the molecule is COC(=O)c1cc(NC(=O)CN(Cc2ccc(C)cc2)S(C)(=O)=O)cc(C(=O)OC)c1. The van der Waals surface area contributed by atoms with Gasteiger partial charge in [-0.05, 0) is 30.7 Å². The molecule has 0 atom stereocenters. The Bertz CT molecular complexity index is 1050. The lowest BCUT2D eigenvalue weighted by atomic mass is 10.1. The molecular formula is C21H24N2O7S. The predicted octanol–water partition coefficient (Wildman–Crippen LogP) is 1.97. The Labute approximate surface area is 181 Å². The maximum atomic E-state index is 12.6. The van der Waals surface area contributed by atoms with Crippen LogP contribution in [0.4, 0.5) is 5.69 Å². The van der Waals surface area contributed by atoms with E-state index in [-0.39, 0.29) is 23.4 Å². The Hall–Kier alpha value is -3.24. The summed E-state index contributed by atoms with van der Waals surface area (Å²) >= 11 is 0. The lowest BCUT2D eigenvalue weighted by Crippen LogP contribution is -2.37. The lowest BCUT2D eigenvalue weighted by molar-refractivity contribution is -0.116. The maximum absolute atomic E-state index is 12.6. The molecule has 31 heavy (non-hydrogen) atoms. The van der Waals surface area contributed by atoms with Crippen molar-refractivity contribution >= 4 is 33.6 Å². The first-order valence-corrected chi connectivity index (χ1v) is 11.0. The lowest BCUT2D eigenvalue weighted by Gasteiger charge is -2.20. The number of anilines is 1. The molecule has 0 bridgehead atoms. The van der Waals surface area contributed by atoms with Gasteiger partial charge in [-0.1, -0.05) is 29.8 Å². The van der Waals surface area contributed by atoms with Gasteiger partial charge in [-0.15, -0.1) is 0 Å². The number of hydrogen-bond donors (Lipinski definition) is 1. The van der Waals surface area contributed by atoms with Gasteiger partial charge in [-0.25, -0.2) is 18.0 Å². The highest BCUT2D eigenvalue weighted by atomic mass is 32.2. The molecule has 2 aromatic carbocycles. The highest BCUT2D eigenvalue weighted by molar-refractivity contribution is 7.88. The molecule has 0 aliphatic rings. The second kappa shape index (κ2) is 10.2. The van der Waals surface area contributed by atoms with Crippen molar-refractivity contribution in [3.05, 3.63) is 64.7 Å². The van der Waals surface area contributed by atoms with E-state index in [9.17, 15) is 22.8 Å². The Balaban J connectivity index is 2.24. The number of esters is 2. The molecule has 0 saturated carbocycles. The molecule has 1 amide bonds. The topological polar surface area (TPSA) is 119 Å². The molecule has 0 unspecified atom stereocenters. The smallest absolute Gasteiger partial charge is 0.337 e. The van der Waals surface area contributed by atoms with Gasteiger partial charge in [-0.3, -0.25) is 4.79 Å². The average molecular weight is 448 g/mol. The van der Waals surface area contributed by atoms with Crippen LogP contribution in [0, 0.1) is 6.92 Å². The van der Waals surface area contributed by atoms with Crippen molar-refractivity contribution in [2.75, 3.05) is 32.3 Å². The van der Waals surface area contributed by atoms with E-state index in [0.29, 0.717) is 0 Å². The molecular weight excluding hydrogens is 424 g/mol. The third kappa shape index (κ3) is 6.90. The number of methoxy groups -OCH3 is 2. The summed E-state index contributed by atoms with van der Waals surface area (Å²) in [5, 5.41) is 2.52. The van der Waals surface area contributed by atoms with Gasteiger partial charge in [0, 0.05) is 12.2 Å². The standard InChI is InChI=1S/C21H24N2O7S/c1-14-5-7-15(8-6-14)12-23(31(4,27)28)13-19(24)22-18-10-16(20(25)29-2)9-17(11-18)21(26)30-3/h5-11H,12-13H2,1-4H3,(H,22,24). The number of nitrogens with zero attached hydrogens (tertiary/aromatic N) is 1. The minimum Gasteiger partial charge on any atom is -0.465 e. The van der Waals surface area contributed by atoms with Crippen LogP contribution in [0.1, 0.15) is 31.8 Å². The zero-order valence-electron chi connectivity index (χ0n) is 17.7. The fourth-order valence-electron chi connectivity index (χ4n) is 2.72. The Morgan fingerprint density at radius 3 is 1.90 bits per heavy atom. The van der Waals surface area contributed by atoms with Crippen molar-refractivity contribution in [3.8, 4) is 0 Å². The predicted molar refractivity (Wildman–Crippen MR) is 114 cm³/mol. The third-order valence-electron chi connectivity index (χ3n) is 4.33. The molecule has 0 aromatic heterocycles. The molecule has 0 spiro atoms. The van der Waals surface area contributed by atoms with Crippen molar-refractivity contribution in [1.29, 1.82) is 0 Å². The number of benzene rings is 2. The summed E-state index contributed by atoms with van der Waals surface area (Å²) in [5.74, 6) is -2.06. The van der Waals surface area contributed by atoms with Crippen LogP contribution in [0.2, 0.25) is 0 Å². The van der Waals surface area contributed by atoms with E-state index in [0.717, 1.165) is 21.7 Å². The summed E-state index contributed by atoms with van der Waals surface area (Å²) in [6, 6.07) is 11.2. The van der Waals surface area contributed by atoms with Crippen LogP contribution in [-0.2, 0) is 30.8 Å². The van der Waals surface area contributed by atoms with E-state index in [1.165, 1.54) is 32.4 Å². The van der Waals surface area contributed by atoms with Gasteiger partial charge >= 0.3 is 11.9 Å². The van der Waals surface area contributed by atoms with Gasteiger partial charge in [0.2, 0.25) is 15.9 Å². The molecule has 10 heteroatoms. The van der Waals surface area contributed by atoms with Crippen LogP contribution in [0.15, 0.2) is 42.5 Å². The van der Waals surface area contributed by atoms with Gasteiger partial charge in [0.15, 0.2) is 0 Å². The van der Waals surface area contributed by atoms with Gasteiger partial charge in [-0.2, -0.15) is 4.31 Å². The summed E-state index contributed by atoms with van der Waals surface area (Å²) in [5.41, 5.74) is 1.93. The highest BCUT2D eigenvalue weighted by Gasteiger charge is 2.21. The number of carbonyl (C=O) groups is 3. The van der Waals surface area contributed by atoms with Crippen molar-refractivity contribution in [3.63, 3.8) is 0 Å². The van der Waals surface area contributed by atoms with E-state index in [1.54, 1.807) is 12.1 Å². The minimum absolute atomic E-state index is 0.0160. The first-order valence-electron chi connectivity index (χ1n) is 9.15. The fourth-order valence-corrected chi connectivity index (χ4v) is 3.45. The van der Waals surface area contributed by atoms with E-state index in [2.05, 4.69) is 14.8 Å². The maximum Gasteiger partial charge on any atom is 0.337 e. The molecule has 0 saturated heterocycles. The molecule has 2 aromatic rings. The number of sulfonamides is 1. The fraction of sp³-hybridized carbons (Fsp3) is 0.286. The van der Waals surface area contributed by atoms with Crippen molar-refractivity contribution in [2.24, 2.45) is 0 Å². The number of ether oxygens (including phenoxy) is 2. The molecule has 0 radical (unpaired) electrons. The first kappa shape index (κ1) is 24.0. The van der Waals surface area contributed by atoms with Gasteiger partial charge < -0.3 is 14.8 Å². The van der Waals surface area contributed by atoms with Gasteiger partial charge in [0.25, 0.3) is 0 Å². The third-order valence-corrected chi connectivity index (χ3v) is 5.52. The summed E-state index contributed by atoms with van der Waals surface area (Å²) in [6.07, 6.45) is 1.02. The number of rotatable bonds is 8. The van der Waals surface area contributed by atoms with E-state index in [4.69, 9.17) is 0 Å². The number of hydrogen-bond acceptors (Lipinski definition) is 7. The molecule has 2 rings (SSSR count). The summed E-state index contributed by atoms with van der Waals surface area (Å²) in [6.45, 7) is 1.47. The molecule has 1 N–H and O–H groups in total. The van der Waals surface area contributed by atoms with Gasteiger partial charge in [0.05, 0.1) is 38.1 Å². The van der Waals surface area contributed by atoms with E-state index in [1.807, 2.05) is 19.1 Å². The zero-order valence-corrected chi connectivity index (χ0v) is 18.5. The summed E-state index contributed by atoms with van der Waals surface area (Å²) in [4.78, 5) is 36.3. The van der Waals surface area contributed by atoms with Crippen LogP contribution in [0.5, 0.6) is 0 Å². The number of carbonyl (C=O) groups excluding carboxylic acids is 3. The quantitative estimate of drug-likeness (QED) is 0.613. The van der Waals surface area contributed by atoms with Crippen molar-refractivity contribution < 1.29 is 32.3 Å². The average Bonchev–Trinajstić information content (AvgIpc) is 2.72. The summed E-state index contributed by atoms with van der Waals surface area (Å²) in [7, 11) is -1.33. The number of aryl methyl sites for hydroxylation is 1. The molecule has 166 valence electrons. The second-order valence-corrected chi connectivity index (χ2v) is 8.83. The Morgan fingerprint density at radius 2 is 1.45 bits per heavy atom. The van der Waals surface area contributed by atoms with Crippen molar-refractivity contribution in [2.45, 2.75) is 13.5 Å². The van der Waals surface area contributed by atoms with E-state index >= 15 is 0 Å². The largest absolute Gasteiger partial charge is 0.465 e. The Morgan fingerprint density at radius 1 is 0.935 bits per heavy atom. The molecule has 0 fully saturated rings. The number of amides is 1. The monoisotopic (exact) mass is 448 g/mol. The molecule has 0 heterocycles. The van der Waals surface area contributed by atoms with Crippen LogP contribution < -0.4 is 5.32 Å². The normalized spacial score (nSPS) is 11.1. The first-order chi connectivity index (χ1) is 14.5. The molecule has 0 aliphatic heterocycles. The molecule has 9 nitrogen and oxygen atoms in total. The summed E-state index contributed by atoms with van der Waals surface area (Å²) < 4.78 is 34.7. The second-order valence-electron chi connectivity index (χ2n) is 6.85. The van der Waals surface area contributed by atoms with Crippen LogP contribution >= 0.6 is 0 Å². The zero-order chi connectivity index (χ0) is 23.2. The van der Waals surface area contributed by atoms with E-state index < -0.39 is 34.4 Å². The number of nitrogens with one attached hydrogen (secondary N) is 1. The van der Waals surface area contributed by atoms with Crippen LogP contribution in [0.25, 0.3) is 0 Å². The highest BCUT2D eigenvalue weighted by Crippen LogP contribution is 2.18. The van der Waals surface area contributed by atoms with Crippen molar-refractivity contribution in [1.82, 2.24) is 4.31 Å². The van der Waals surface area contributed by atoms with Gasteiger partial charge in [0.1, 0.15) is 0 Å². The molecule has 0 aliphatic carbocycles. The minimum atomic E-state index is -3.69. The Kier molecular flexibility index (Phi) is 7.89. The van der Waals surface area contributed by atoms with Crippen LogP contribution in [0.3, 0.4) is 0 Å². The van der Waals surface area contributed by atoms with Crippen LogP contribution in [-0.4, -0.2) is 57.6 Å².